The van der Waals surface area contributed by atoms with Gasteiger partial charge in [0.15, 0.2) is 0 Å². The number of ether oxygens (including phenoxy) is 1. The molecular formula is C24H32N5O4+. The molecule has 176 valence electrons. The third-order valence-electron chi connectivity index (χ3n) is 6.21. The lowest BCUT2D eigenvalue weighted by molar-refractivity contribution is -0.895. The molecule has 0 radical (unpaired) electrons. The van der Waals surface area contributed by atoms with Crippen LogP contribution in [0, 0.1) is 0 Å². The first-order valence-corrected chi connectivity index (χ1v) is 11.3. The largest absolute Gasteiger partial charge is 0.492 e. The molecule has 0 atom stereocenters. The number of carbonyl (C=O) groups excluding carboxylic acids is 1. The Labute approximate surface area is 193 Å². The number of benzene rings is 1. The highest BCUT2D eigenvalue weighted by Crippen LogP contribution is 2.36. The molecule has 0 spiro atoms. The number of hydrogen-bond donors (Lipinski definition) is 3. The van der Waals surface area contributed by atoms with E-state index in [0.29, 0.717) is 23.9 Å². The number of amides is 1. The lowest BCUT2D eigenvalue weighted by Gasteiger charge is -2.33. The molecular weight excluding hydrogens is 422 g/mol. The van der Waals surface area contributed by atoms with Gasteiger partial charge < -0.3 is 20.4 Å². The predicted molar refractivity (Wildman–Crippen MR) is 125 cm³/mol. The quantitative estimate of drug-likeness (QED) is 0.391. The van der Waals surface area contributed by atoms with Crippen LogP contribution in [0.5, 0.6) is 5.75 Å². The zero-order valence-electron chi connectivity index (χ0n) is 19.6. The van der Waals surface area contributed by atoms with Gasteiger partial charge in [-0.25, -0.2) is 0 Å². The zero-order valence-corrected chi connectivity index (χ0v) is 19.6. The van der Waals surface area contributed by atoms with Gasteiger partial charge >= 0.3 is 5.82 Å². The molecule has 1 amide bonds. The van der Waals surface area contributed by atoms with Crippen molar-refractivity contribution < 1.29 is 24.6 Å². The molecule has 33 heavy (non-hydrogen) atoms. The molecule has 2 aromatic heterocycles. The fraction of sp³-hybridized carbons (Fsp3) is 0.458. The Kier molecular flexibility index (Phi) is 6.16. The first-order chi connectivity index (χ1) is 15.7. The van der Waals surface area contributed by atoms with Gasteiger partial charge in [-0.1, -0.05) is 0 Å². The molecule has 4 rings (SSSR count). The van der Waals surface area contributed by atoms with Crippen LogP contribution < -0.4 is 19.7 Å². The van der Waals surface area contributed by atoms with Gasteiger partial charge in [0.1, 0.15) is 5.75 Å². The van der Waals surface area contributed by atoms with E-state index in [1.165, 1.54) is 0 Å². The lowest BCUT2D eigenvalue weighted by atomic mass is 9.84. The van der Waals surface area contributed by atoms with Gasteiger partial charge in [0, 0.05) is 23.7 Å². The van der Waals surface area contributed by atoms with E-state index >= 15 is 0 Å². The van der Waals surface area contributed by atoms with Crippen LogP contribution in [-0.4, -0.2) is 52.3 Å². The molecule has 0 unspecified atom stereocenters. The summed E-state index contributed by atoms with van der Waals surface area (Å²) in [7, 11) is 3.58. The number of hydrogen-bond acceptors (Lipinski definition) is 6. The first-order valence-electron chi connectivity index (χ1n) is 11.3. The van der Waals surface area contributed by atoms with E-state index in [2.05, 4.69) is 5.32 Å². The maximum atomic E-state index is 13.0. The molecule has 0 aliphatic heterocycles. The van der Waals surface area contributed by atoms with Crippen LogP contribution in [0.3, 0.4) is 0 Å². The van der Waals surface area contributed by atoms with E-state index in [1.807, 2.05) is 36.9 Å². The molecule has 9 heteroatoms. The second-order valence-corrected chi connectivity index (χ2v) is 9.11. The van der Waals surface area contributed by atoms with Gasteiger partial charge in [-0.2, -0.15) is 5.10 Å². The van der Waals surface area contributed by atoms with Crippen LogP contribution in [0.15, 0.2) is 36.5 Å². The number of pyridine rings is 1. The monoisotopic (exact) mass is 454 g/mol. The molecule has 2 heterocycles. The third kappa shape index (κ3) is 4.73. The van der Waals surface area contributed by atoms with Crippen molar-refractivity contribution in [2.75, 3.05) is 30.9 Å². The molecule has 1 aromatic carbocycles. The zero-order chi connectivity index (χ0) is 23.8. The van der Waals surface area contributed by atoms with Crippen molar-refractivity contribution in [2.24, 2.45) is 0 Å². The van der Waals surface area contributed by atoms with Crippen LogP contribution in [-0.2, 0) is 0 Å². The summed E-state index contributed by atoms with van der Waals surface area (Å²) in [4.78, 5) is 14.7. The minimum atomic E-state index is -0.601. The summed E-state index contributed by atoms with van der Waals surface area (Å²) in [6.45, 7) is 4.20. The van der Waals surface area contributed by atoms with E-state index in [4.69, 9.17) is 9.84 Å². The normalized spacial score (nSPS) is 20.6. The average molecular weight is 455 g/mol. The number of anilines is 2. The highest BCUT2D eigenvalue weighted by Gasteiger charge is 2.30. The Morgan fingerprint density at radius 1 is 1.33 bits per heavy atom. The number of aromatic nitrogens is 3. The smallest absolute Gasteiger partial charge is 0.316 e. The fourth-order valence-electron chi connectivity index (χ4n) is 4.31. The average Bonchev–Trinajstić information content (AvgIpc) is 3.16. The van der Waals surface area contributed by atoms with Gasteiger partial charge in [0.25, 0.3) is 5.91 Å². The van der Waals surface area contributed by atoms with Gasteiger partial charge in [-0.15, -0.1) is 0 Å². The van der Waals surface area contributed by atoms with E-state index < -0.39 is 11.5 Å². The summed E-state index contributed by atoms with van der Waals surface area (Å²) in [5.74, 6) is 0.544. The van der Waals surface area contributed by atoms with Crippen molar-refractivity contribution in [2.45, 2.75) is 51.2 Å². The summed E-state index contributed by atoms with van der Waals surface area (Å²) in [5.41, 5.74) is 0.792. The summed E-state index contributed by atoms with van der Waals surface area (Å²) >= 11 is 0. The number of nitrogens with one attached hydrogen (secondary N) is 1. The van der Waals surface area contributed by atoms with Crippen LogP contribution >= 0.6 is 0 Å². The Hall–Kier alpha value is -3.33. The minimum absolute atomic E-state index is 0.105. The van der Waals surface area contributed by atoms with Crippen LogP contribution in [0.25, 0.3) is 10.9 Å². The standard InChI is InChI=1S/C24H31N5O4/c1-5-33-21-14-18-16(15-28(26-18)17-9-11-24(2,31)12-10-17)13-19(21)25-23(30)20-7-6-8-22(27(3)4)29(20)32/h6-8,13-15,17,31H,5,9-12H2,1-4H3,(H-,25,30,32)/p+1. The van der Waals surface area contributed by atoms with E-state index in [9.17, 15) is 15.1 Å². The molecule has 3 N–H and O–H groups in total. The van der Waals surface area contributed by atoms with Crippen molar-refractivity contribution in [3.05, 3.63) is 42.2 Å². The van der Waals surface area contributed by atoms with Crippen LogP contribution in [0.2, 0.25) is 0 Å². The molecule has 0 bridgehead atoms. The predicted octanol–water partition coefficient (Wildman–Crippen LogP) is 3.14. The van der Waals surface area contributed by atoms with E-state index in [1.54, 1.807) is 37.2 Å². The summed E-state index contributed by atoms with van der Waals surface area (Å²) < 4.78 is 8.61. The maximum absolute atomic E-state index is 13.0. The van der Waals surface area contributed by atoms with E-state index in [-0.39, 0.29) is 11.7 Å². The van der Waals surface area contributed by atoms with Crippen molar-refractivity contribution in [3.8, 4) is 5.75 Å². The number of aliphatic hydroxyl groups is 1. The molecule has 1 fully saturated rings. The van der Waals surface area contributed by atoms with Gasteiger partial charge in [-0.05, 0) is 62.5 Å². The Bertz CT molecular complexity index is 1160. The molecule has 9 nitrogen and oxygen atoms in total. The molecule has 1 saturated carbocycles. The van der Waals surface area contributed by atoms with Crippen molar-refractivity contribution in [1.82, 2.24) is 9.78 Å². The maximum Gasteiger partial charge on any atom is 0.316 e. The lowest BCUT2D eigenvalue weighted by Crippen LogP contribution is -2.44. The molecule has 0 saturated heterocycles. The number of rotatable bonds is 6. The fourth-order valence-corrected chi connectivity index (χ4v) is 4.31. The first kappa shape index (κ1) is 22.8. The topological polar surface area (TPSA) is 104 Å². The van der Waals surface area contributed by atoms with Crippen LogP contribution in [0.4, 0.5) is 11.5 Å². The van der Waals surface area contributed by atoms with Crippen molar-refractivity contribution in [3.63, 3.8) is 0 Å². The highest BCUT2D eigenvalue weighted by atomic mass is 16.5. The van der Waals surface area contributed by atoms with Gasteiger partial charge in [-0.3, -0.25) is 14.4 Å². The molecule has 1 aliphatic carbocycles. The number of nitrogens with zero attached hydrogens (tertiary/aromatic N) is 4. The van der Waals surface area contributed by atoms with Crippen molar-refractivity contribution >= 4 is 28.3 Å². The SMILES string of the molecule is CCOc1cc2nn(C3CCC(C)(O)CC3)cc2cc1NC(=O)c1cccc(N(C)C)[n+]1O. The van der Waals surface area contributed by atoms with Gasteiger partial charge in [0.2, 0.25) is 5.69 Å². The second kappa shape index (κ2) is 8.90. The minimum Gasteiger partial charge on any atom is -0.492 e. The highest BCUT2D eigenvalue weighted by molar-refractivity contribution is 6.04. The van der Waals surface area contributed by atoms with E-state index in [0.717, 1.165) is 41.3 Å². The van der Waals surface area contributed by atoms with Crippen molar-refractivity contribution in [1.29, 1.82) is 0 Å². The number of fused-ring (bicyclic) bond motifs is 1. The summed E-state index contributed by atoms with van der Waals surface area (Å²) in [5, 5.41) is 29.2. The van der Waals surface area contributed by atoms with Gasteiger partial charge in [0.05, 0.1) is 43.5 Å². The van der Waals surface area contributed by atoms with Crippen LogP contribution in [0.1, 0.15) is 56.1 Å². The summed E-state index contributed by atoms with van der Waals surface area (Å²) in [6, 6.07) is 8.89. The third-order valence-corrected chi connectivity index (χ3v) is 6.21. The Morgan fingerprint density at radius 2 is 2.06 bits per heavy atom. The molecule has 1 aliphatic rings. The summed E-state index contributed by atoms with van der Waals surface area (Å²) in [6.07, 6.45) is 5.19. The Balaban J connectivity index is 1.64. The Morgan fingerprint density at radius 3 is 2.73 bits per heavy atom. The molecule has 3 aromatic rings. The second-order valence-electron chi connectivity index (χ2n) is 9.11. The number of carbonyl (C=O) groups is 1.